The topological polar surface area (TPSA) is 87.7 Å². The molecule has 1 aromatic carbocycles. The Balaban J connectivity index is 2.49. The summed E-state index contributed by atoms with van der Waals surface area (Å²) >= 11 is 0. The number of hydrogen-bond acceptors (Lipinski definition) is 4. The largest absolute Gasteiger partial charge is 0.490 e. The highest BCUT2D eigenvalue weighted by molar-refractivity contribution is 6.39. The van der Waals surface area contributed by atoms with E-state index in [2.05, 4.69) is 17.2 Å². The van der Waals surface area contributed by atoms with Gasteiger partial charge in [-0.1, -0.05) is 12.7 Å². The van der Waals surface area contributed by atoms with Crippen molar-refractivity contribution in [3.05, 3.63) is 36.9 Å². The number of rotatable bonds is 6. The Hall–Kier alpha value is -2.34. The van der Waals surface area contributed by atoms with Crippen LogP contribution in [0, 0.1) is 0 Å². The molecule has 0 aromatic heterocycles. The third kappa shape index (κ3) is 5.53. The monoisotopic (exact) mass is 278 g/mol. The SMILES string of the molecule is C=CCOc1ccc(NC(=O)C(=O)NC[C@H](C)O)cc1. The summed E-state index contributed by atoms with van der Waals surface area (Å²) in [4.78, 5) is 22.9. The van der Waals surface area contributed by atoms with E-state index in [4.69, 9.17) is 9.84 Å². The van der Waals surface area contributed by atoms with Gasteiger partial charge in [-0.05, 0) is 31.2 Å². The molecule has 0 heterocycles. The first-order valence-electron chi connectivity index (χ1n) is 6.14. The predicted octanol–water partition coefficient (Wildman–Crippen LogP) is 0.687. The average molecular weight is 278 g/mol. The van der Waals surface area contributed by atoms with E-state index in [9.17, 15) is 9.59 Å². The second-order valence-corrected chi connectivity index (χ2v) is 4.14. The van der Waals surface area contributed by atoms with Gasteiger partial charge in [0.1, 0.15) is 12.4 Å². The molecule has 0 aliphatic rings. The zero-order chi connectivity index (χ0) is 15.0. The summed E-state index contributed by atoms with van der Waals surface area (Å²) in [6.45, 7) is 5.48. The lowest BCUT2D eigenvalue weighted by Gasteiger charge is -2.08. The number of carbonyl (C=O) groups is 2. The van der Waals surface area contributed by atoms with Crippen LogP contribution in [0.2, 0.25) is 0 Å². The summed E-state index contributed by atoms with van der Waals surface area (Å²) < 4.78 is 5.29. The van der Waals surface area contributed by atoms with Crippen molar-refractivity contribution in [3.63, 3.8) is 0 Å². The molecule has 6 heteroatoms. The molecule has 1 atom stereocenters. The highest BCUT2D eigenvalue weighted by Gasteiger charge is 2.13. The van der Waals surface area contributed by atoms with Crippen LogP contribution in [0.25, 0.3) is 0 Å². The molecule has 108 valence electrons. The van der Waals surface area contributed by atoms with Gasteiger partial charge in [-0.25, -0.2) is 0 Å². The molecule has 0 saturated heterocycles. The molecule has 0 aliphatic carbocycles. The van der Waals surface area contributed by atoms with E-state index in [0.29, 0.717) is 18.0 Å². The molecule has 20 heavy (non-hydrogen) atoms. The molecular weight excluding hydrogens is 260 g/mol. The predicted molar refractivity (Wildman–Crippen MR) is 75.5 cm³/mol. The fourth-order valence-corrected chi connectivity index (χ4v) is 1.30. The molecule has 0 bridgehead atoms. The Morgan fingerprint density at radius 3 is 2.55 bits per heavy atom. The average Bonchev–Trinajstić information content (AvgIpc) is 2.43. The molecule has 1 aromatic rings. The zero-order valence-corrected chi connectivity index (χ0v) is 11.3. The van der Waals surface area contributed by atoms with E-state index in [0.717, 1.165) is 0 Å². The van der Waals surface area contributed by atoms with Crippen LogP contribution in [0.1, 0.15) is 6.92 Å². The first-order chi connectivity index (χ1) is 9.52. The first-order valence-corrected chi connectivity index (χ1v) is 6.14. The smallest absolute Gasteiger partial charge is 0.313 e. The van der Waals surface area contributed by atoms with E-state index >= 15 is 0 Å². The summed E-state index contributed by atoms with van der Waals surface area (Å²) in [6, 6.07) is 6.59. The minimum Gasteiger partial charge on any atom is -0.490 e. The van der Waals surface area contributed by atoms with Gasteiger partial charge in [-0.3, -0.25) is 9.59 Å². The van der Waals surface area contributed by atoms with Crippen LogP contribution < -0.4 is 15.4 Å². The maximum atomic E-state index is 11.5. The highest BCUT2D eigenvalue weighted by atomic mass is 16.5. The molecule has 3 N–H and O–H groups in total. The van der Waals surface area contributed by atoms with Crippen LogP contribution in [0.5, 0.6) is 5.75 Å². The minimum absolute atomic E-state index is 0.0284. The first kappa shape index (κ1) is 15.7. The normalized spacial score (nSPS) is 11.3. The van der Waals surface area contributed by atoms with E-state index in [1.807, 2.05) is 0 Å². The number of aliphatic hydroxyl groups is 1. The highest BCUT2D eigenvalue weighted by Crippen LogP contribution is 2.15. The number of ether oxygens (including phenoxy) is 1. The lowest BCUT2D eigenvalue weighted by Crippen LogP contribution is -2.38. The summed E-state index contributed by atoms with van der Waals surface area (Å²) in [5.41, 5.74) is 0.480. The number of anilines is 1. The minimum atomic E-state index is -0.794. The Morgan fingerprint density at radius 2 is 2.00 bits per heavy atom. The van der Waals surface area contributed by atoms with Crippen LogP contribution in [-0.4, -0.2) is 36.2 Å². The summed E-state index contributed by atoms with van der Waals surface area (Å²) in [5, 5.41) is 13.8. The third-order valence-corrected chi connectivity index (χ3v) is 2.24. The van der Waals surface area contributed by atoms with Crippen molar-refractivity contribution >= 4 is 17.5 Å². The van der Waals surface area contributed by atoms with Crippen molar-refractivity contribution in [2.75, 3.05) is 18.5 Å². The van der Waals surface area contributed by atoms with E-state index in [1.54, 1.807) is 30.3 Å². The number of hydrogen-bond donors (Lipinski definition) is 3. The summed E-state index contributed by atoms with van der Waals surface area (Å²) in [5.74, 6) is -0.940. The lowest BCUT2D eigenvalue weighted by atomic mass is 10.3. The van der Waals surface area contributed by atoms with Gasteiger partial charge in [0.2, 0.25) is 0 Å². The fourth-order valence-electron chi connectivity index (χ4n) is 1.30. The second-order valence-electron chi connectivity index (χ2n) is 4.14. The third-order valence-electron chi connectivity index (χ3n) is 2.24. The van der Waals surface area contributed by atoms with Crippen molar-refractivity contribution in [2.45, 2.75) is 13.0 Å². The van der Waals surface area contributed by atoms with Gasteiger partial charge < -0.3 is 20.5 Å². The van der Waals surface area contributed by atoms with E-state index < -0.39 is 17.9 Å². The van der Waals surface area contributed by atoms with Crippen LogP contribution in [-0.2, 0) is 9.59 Å². The molecule has 1 rings (SSSR count). The molecule has 0 radical (unpaired) electrons. The molecule has 0 aliphatic heterocycles. The number of amides is 2. The molecular formula is C14H18N2O4. The van der Waals surface area contributed by atoms with Gasteiger partial charge in [0.15, 0.2) is 0 Å². The molecule has 0 spiro atoms. The summed E-state index contributed by atoms with van der Waals surface area (Å²) in [6.07, 6.45) is 0.926. The Morgan fingerprint density at radius 1 is 1.35 bits per heavy atom. The van der Waals surface area contributed by atoms with E-state index in [-0.39, 0.29) is 6.54 Å². The molecule has 0 fully saturated rings. The van der Waals surface area contributed by atoms with Gasteiger partial charge in [0.05, 0.1) is 6.10 Å². The van der Waals surface area contributed by atoms with Crippen molar-refractivity contribution in [1.82, 2.24) is 5.32 Å². The number of aliphatic hydroxyl groups excluding tert-OH is 1. The zero-order valence-electron chi connectivity index (χ0n) is 11.3. The molecule has 0 unspecified atom stereocenters. The quantitative estimate of drug-likeness (QED) is 0.527. The Bertz CT molecular complexity index is 469. The van der Waals surface area contributed by atoms with Crippen LogP contribution in [0.3, 0.4) is 0 Å². The van der Waals surface area contributed by atoms with E-state index in [1.165, 1.54) is 6.92 Å². The fraction of sp³-hybridized carbons (Fsp3) is 0.286. The van der Waals surface area contributed by atoms with Crippen molar-refractivity contribution in [2.24, 2.45) is 0 Å². The second kappa shape index (κ2) is 7.96. The standard InChI is InChI=1S/C14H18N2O4/c1-3-8-20-12-6-4-11(5-7-12)16-14(19)13(18)15-9-10(2)17/h3-7,10,17H,1,8-9H2,2H3,(H,15,18)(H,16,19)/t10-/m0/s1. The van der Waals surface area contributed by atoms with Crippen LogP contribution in [0.15, 0.2) is 36.9 Å². The van der Waals surface area contributed by atoms with Gasteiger partial charge in [0.25, 0.3) is 0 Å². The molecule has 6 nitrogen and oxygen atoms in total. The Labute approximate surface area is 117 Å². The van der Waals surface area contributed by atoms with Gasteiger partial charge >= 0.3 is 11.8 Å². The summed E-state index contributed by atoms with van der Waals surface area (Å²) in [7, 11) is 0. The molecule has 2 amide bonds. The number of nitrogens with one attached hydrogen (secondary N) is 2. The van der Waals surface area contributed by atoms with Crippen molar-refractivity contribution < 1.29 is 19.4 Å². The van der Waals surface area contributed by atoms with Crippen LogP contribution in [0.4, 0.5) is 5.69 Å². The van der Waals surface area contributed by atoms with Crippen LogP contribution >= 0.6 is 0 Å². The molecule has 0 saturated carbocycles. The van der Waals surface area contributed by atoms with Crippen molar-refractivity contribution in [3.8, 4) is 5.75 Å². The number of benzene rings is 1. The Kier molecular flexibility index (Phi) is 6.25. The van der Waals surface area contributed by atoms with Gasteiger partial charge in [-0.2, -0.15) is 0 Å². The van der Waals surface area contributed by atoms with Gasteiger partial charge in [-0.15, -0.1) is 0 Å². The maximum absolute atomic E-state index is 11.5. The van der Waals surface area contributed by atoms with Gasteiger partial charge in [0, 0.05) is 12.2 Å². The number of carbonyl (C=O) groups excluding carboxylic acids is 2. The van der Waals surface area contributed by atoms with Crippen molar-refractivity contribution in [1.29, 1.82) is 0 Å². The maximum Gasteiger partial charge on any atom is 0.313 e. The lowest BCUT2D eigenvalue weighted by molar-refractivity contribution is -0.136.